The van der Waals surface area contributed by atoms with Gasteiger partial charge in [0, 0.05) is 13.0 Å². The van der Waals surface area contributed by atoms with Gasteiger partial charge < -0.3 is 24.7 Å². The Labute approximate surface area is 156 Å². The number of hydrogen-bond acceptors (Lipinski definition) is 6. The summed E-state index contributed by atoms with van der Waals surface area (Å²) in [5, 5.41) is 20.9. The van der Waals surface area contributed by atoms with E-state index in [2.05, 4.69) is 0 Å². The minimum atomic E-state index is -2.14. The topological polar surface area (TPSA) is 101 Å². The Kier molecular flexibility index (Phi) is 12.9. The smallest absolute Gasteiger partial charge is 0.549 e. The molecule has 8 heteroatoms. The number of nitrogens with zero attached hydrogens (tertiary/aromatic N) is 1. The molecule has 0 aromatic carbocycles. The maximum Gasteiger partial charge on any atom is 1.00 e. The minimum absolute atomic E-state index is 0. The molecule has 0 aliphatic carbocycles. The fraction of sp³-hybridized carbons (Fsp3) is 0.727. The normalized spacial score (nSPS) is 15.2. The summed E-state index contributed by atoms with van der Waals surface area (Å²) in [6.45, 7) is 2.14. The number of carbonyl (C=O) groups excluding carboxylic acids is 3. The van der Waals surface area contributed by atoms with Crippen molar-refractivity contribution in [3.05, 3.63) is 0 Å². The molecule has 1 rings (SSSR count). The predicted molar refractivity (Wildman–Crippen MR) is 53.4 cm³/mol. The van der Waals surface area contributed by atoms with Crippen molar-refractivity contribution in [2.75, 3.05) is 19.6 Å². The van der Waals surface area contributed by atoms with Gasteiger partial charge in [0.25, 0.3) is 0 Å². The number of ketones is 1. The van der Waals surface area contributed by atoms with Gasteiger partial charge in [-0.05, 0) is 25.9 Å². The van der Waals surface area contributed by atoms with Crippen molar-refractivity contribution >= 4 is 17.7 Å². The molecule has 96 valence electrons. The fourth-order valence-electron chi connectivity index (χ4n) is 1.95. The molecule has 1 aliphatic heterocycles. The van der Waals surface area contributed by atoms with Gasteiger partial charge >= 0.3 is 59.1 Å². The van der Waals surface area contributed by atoms with E-state index in [0.717, 1.165) is 32.4 Å². The van der Waals surface area contributed by atoms with E-state index in [1.807, 2.05) is 4.90 Å². The second-order valence-corrected chi connectivity index (χ2v) is 4.19. The maximum atomic E-state index is 11.4. The molecule has 0 amide bonds. The summed E-state index contributed by atoms with van der Waals surface area (Å²) in [6.07, 6.45) is 3.18. The standard InChI is InChI=1S/C11H17NO5.2Na/c13-8(9(10(14)15)11(16)17)4-7-12-5-2-1-3-6-12;;/h9H,1-7H2,(H,14,15)(H,16,17);;/q;2*+1/p-2. The first-order chi connectivity index (χ1) is 8.02. The quantitative estimate of drug-likeness (QED) is 0.355. The number of carboxylic acids is 2. The van der Waals surface area contributed by atoms with Crippen LogP contribution in [0, 0.1) is 5.92 Å². The van der Waals surface area contributed by atoms with E-state index >= 15 is 0 Å². The molecule has 0 radical (unpaired) electrons. The van der Waals surface area contributed by atoms with Crippen molar-refractivity contribution in [1.29, 1.82) is 0 Å². The molecule has 0 atom stereocenters. The van der Waals surface area contributed by atoms with Gasteiger partial charge in [-0.1, -0.05) is 6.42 Å². The van der Waals surface area contributed by atoms with Gasteiger partial charge in [0.15, 0.2) is 0 Å². The van der Waals surface area contributed by atoms with Crippen LogP contribution in [0.15, 0.2) is 0 Å². The first kappa shape index (κ1) is 21.9. The van der Waals surface area contributed by atoms with E-state index in [1.165, 1.54) is 0 Å². The molecule has 0 aromatic heterocycles. The number of piperidine rings is 1. The van der Waals surface area contributed by atoms with Crippen LogP contribution in [0.5, 0.6) is 0 Å². The van der Waals surface area contributed by atoms with Crippen LogP contribution in [0.3, 0.4) is 0 Å². The third kappa shape index (κ3) is 7.80. The molecule has 0 bridgehead atoms. The Morgan fingerprint density at radius 3 is 1.84 bits per heavy atom. The van der Waals surface area contributed by atoms with E-state index in [1.54, 1.807) is 0 Å². The van der Waals surface area contributed by atoms with E-state index < -0.39 is 23.6 Å². The number of hydrogen-bond donors (Lipinski definition) is 0. The van der Waals surface area contributed by atoms with Gasteiger partial charge in [0.05, 0.1) is 17.9 Å². The monoisotopic (exact) mass is 287 g/mol. The minimum Gasteiger partial charge on any atom is -0.549 e. The number of rotatable bonds is 6. The molecular formula is C11H15NNa2O5. The molecular weight excluding hydrogens is 272 g/mol. The van der Waals surface area contributed by atoms with Gasteiger partial charge in [-0.15, -0.1) is 0 Å². The van der Waals surface area contributed by atoms with Gasteiger partial charge in [-0.3, -0.25) is 4.79 Å². The summed E-state index contributed by atoms with van der Waals surface area (Å²) in [5.41, 5.74) is 0. The van der Waals surface area contributed by atoms with Crippen LogP contribution in [0.25, 0.3) is 0 Å². The molecule has 1 heterocycles. The van der Waals surface area contributed by atoms with Crippen molar-refractivity contribution in [3.63, 3.8) is 0 Å². The largest absolute Gasteiger partial charge is 1.00 e. The van der Waals surface area contributed by atoms with E-state index in [0.29, 0.717) is 6.54 Å². The SMILES string of the molecule is O=C([O-])C(C(=O)[O-])C(=O)CCN1CCCCC1.[Na+].[Na+]. The van der Waals surface area contributed by atoms with Crippen LogP contribution >= 0.6 is 0 Å². The first-order valence-electron chi connectivity index (χ1n) is 5.69. The molecule has 1 saturated heterocycles. The van der Waals surface area contributed by atoms with Crippen LogP contribution < -0.4 is 69.3 Å². The van der Waals surface area contributed by atoms with E-state index in [-0.39, 0.29) is 65.5 Å². The summed E-state index contributed by atoms with van der Waals surface area (Å²) in [7, 11) is 0. The molecule has 0 unspecified atom stereocenters. The van der Waals surface area contributed by atoms with Gasteiger partial charge in [0.2, 0.25) is 0 Å². The van der Waals surface area contributed by atoms with E-state index in [4.69, 9.17) is 0 Å². The summed E-state index contributed by atoms with van der Waals surface area (Å²) in [4.78, 5) is 34.4. The molecule has 0 spiro atoms. The number of likely N-dealkylation sites (tertiary alicyclic amines) is 1. The summed E-state index contributed by atoms with van der Waals surface area (Å²) >= 11 is 0. The van der Waals surface area contributed by atoms with Gasteiger partial charge in [-0.2, -0.15) is 0 Å². The Balaban J connectivity index is 0. The summed E-state index contributed by atoms with van der Waals surface area (Å²) in [6, 6.07) is 0. The zero-order valence-corrected chi connectivity index (χ0v) is 15.5. The molecule has 1 aliphatic rings. The number of Topliss-reactive ketones (excluding diaryl/α,β-unsaturated/α-hetero) is 1. The van der Waals surface area contributed by atoms with Crippen LogP contribution in [-0.4, -0.2) is 42.3 Å². The maximum absolute atomic E-state index is 11.4. The van der Waals surface area contributed by atoms with Crippen molar-refractivity contribution in [2.24, 2.45) is 5.92 Å². The van der Waals surface area contributed by atoms with Crippen molar-refractivity contribution < 1.29 is 83.7 Å². The van der Waals surface area contributed by atoms with Crippen molar-refractivity contribution in [3.8, 4) is 0 Å². The predicted octanol–water partition coefficient (Wildman–Crippen LogP) is -8.44. The zero-order chi connectivity index (χ0) is 12.8. The molecule has 0 N–H and O–H groups in total. The zero-order valence-electron chi connectivity index (χ0n) is 11.5. The summed E-state index contributed by atoms with van der Waals surface area (Å²) < 4.78 is 0. The molecule has 6 nitrogen and oxygen atoms in total. The third-order valence-electron chi connectivity index (χ3n) is 2.92. The number of carbonyl (C=O) groups is 3. The van der Waals surface area contributed by atoms with Crippen molar-refractivity contribution in [2.45, 2.75) is 25.7 Å². The Hall–Kier alpha value is 0.570. The van der Waals surface area contributed by atoms with E-state index in [9.17, 15) is 24.6 Å². The van der Waals surface area contributed by atoms with Crippen LogP contribution in [0.4, 0.5) is 0 Å². The van der Waals surface area contributed by atoms with Crippen molar-refractivity contribution in [1.82, 2.24) is 4.90 Å². The second kappa shape index (κ2) is 11.3. The van der Waals surface area contributed by atoms with Crippen LogP contribution in [0.1, 0.15) is 25.7 Å². The molecule has 1 fully saturated rings. The fourth-order valence-corrected chi connectivity index (χ4v) is 1.95. The van der Waals surface area contributed by atoms with Gasteiger partial charge in [-0.25, -0.2) is 0 Å². The number of carboxylic acid groups (broad SMARTS) is 2. The third-order valence-corrected chi connectivity index (χ3v) is 2.92. The second-order valence-electron chi connectivity index (χ2n) is 4.19. The summed E-state index contributed by atoms with van der Waals surface area (Å²) in [5.74, 6) is -6.78. The first-order valence-corrected chi connectivity index (χ1v) is 5.69. The van der Waals surface area contributed by atoms with Crippen LogP contribution in [-0.2, 0) is 14.4 Å². The average Bonchev–Trinajstić information content (AvgIpc) is 2.27. The van der Waals surface area contributed by atoms with Crippen LogP contribution in [0.2, 0.25) is 0 Å². The number of aliphatic carboxylic acids is 2. The van der Waals surface area contributed by atoms with Gasteiger partial charge in [0.1, 0.15) is 5.78 Å². The molecule has 0 saturated carbocycles. The Bertz CT molecular complexity index is 304. The molecule has 19 heavy (non-hydrogen) atoms. The Morgan fingerprint density at radius 1 is 0.947 bits per heavy atom. The Morgan fingerprint density at radius 2 is 1.42 bits per heavy atom. The average molecular weight is 287 g/mol. The molecule has 0 aromatic rings.